The number of methoxy groups -OCH3 is 2. The highest BCUT2D eigenvalue weighted by atomic mass is 32.2. The molecule has 0 aliphatic rings. The lowest BCUT2D eigenvalue weighted by Gasteiger charge is -2.08. The largest absolute Gasteiger partial charge is 0.496 e. The fourth-order valence-electron chi connectivity index (χ4n) is 2.57. The summed E-state index contributed by atoms with van der Waals surface area (Å²) in [5.74, 6) is 0.219. The van der Waals surface area contributed by atoms with Gasteiger partial charge in [-0.1, -0.05) is 30.3 Å². The minimum absolute atomic E-state index is 0.396. The molecule has 0 bridgehead atoms. The van der Waals surface area contributed by atoms with Gasteiger partial charge in [-0.05, 0) is 41.1 Å². The number of benzene rings is 3. The van der Waals surface area contributed by atoms with Crippen LogP contribution in [0.2, 0.25) is 0 Å². The van der Waals surface area contributed by atoms with Crippen LogP contribution in [0.15, 0.2) is 70.0 Å². The van der Waals surface area contributed by atoms with E-state index in [1.807, 2.05) is 36.4 Å². The summed E-state index contributed by atoms with van der Waals surface area (Å²) in [6, 6.07) is 18.0. The summed E-state index contributed by atoms with van der Waals surface area (Å²) in [6.45, 7) is 0. The quantitative estimate of drug-likeness (QED) is 0.508. The summed E-state index contributed by atoms with van der Waals surface area (Å²) in [5.41, 5.74) is 1.16. The zero-order valence-corrected chi connectivity index (χ0v) is 15.2. The van der Waals surface area contributed by atoms with Gasteiger partial charge in [0.25, 0.3) is 0 Å². The number of rotatable bonds is 5. The van der Waals surface area contributed by atoms with Gasteiger partial charge < -0.3 is 9.47 Å². The van der Waals surface area contributed by atoms with E-state index in [9.17, 15) is 9.00 Å². The molecule has 0 aromatic heterocycles. The predicted octanol–water partition coefficient (Wildman–Crippen LogP) is 3.78. The molecule has 1 atom stereocenters. The first kappa shape index (κ1) is 17.8. The number of hydrogen-bond acceptors (Lipinski definition) is 4. The molecule has 26 heavy (non-hydrogen) atoms. The van der Waals surface area contributed by atoms with Crippen LogP contribution in [-0.2, 0) is 15.7 Å². The molecule has 1 unspecified atom stereocenters. The maximum absolute atomic E-state index is 12.5. The second-order valence-corrected chi connectivity index (χ2v) is 6.58. The molecule has 0 aliphatic heterocycles. The summed E-state index contributed by atoms with van der Waals surface area (Å²) >= 11 is 0. The van der Waals surface area contributed by atoms with Crippen molar-refractivity contribution in [3.63, 3.8) is 0 Å². The van der Waals surface area contributed by atoms with Gasteiger partial charge in [-0.3, -0.25) is 0 Å². The van der Waals surface area contributed by atoms with E-state index >= 15 is 0 Å². The smallest absolute Gasteiger partial charge is 0.337 e. The third-order valence-electron chi connectivity index (χ3n) is 3.91. The van der Waals surface area contributed by atoms with E-state index in [1.165, 1.54) is 7.11 Å². The molecule has 0 N–H and O–H groups in total. The minimum Gasteiger partial charge on any atom is -0.496 e. The van der Waals surface area contributed by atoms with Crippen LogP contribution in [0, 0.1) is 0 Å². The van der Waals surface area contributed by atoms with Crippen LogP contribution in [0.25, 0.3) is 10.8 Å². The lowest BCUT2D eigenvalue weighted by molar-refractivity contribution is 0.0600. The maximum Gasteiger partial charge on any atom is 0.337 e. The molecule has 0 heterocycles. The third-order valence-corrected chi connectivity index (χ3v) is 4.88. The number of carbonyl (C=O) groups excluding carboxylic acids is 1. The second kappa shape index (κ2) is 7.93. The molecule has 0 saturated heterocycles. The van der Waals surface area contributed by atoms with Gasteiger partial charge in [0, 0.05) is 11.8 Å². The van der Waals surface area contributed by atoms with Crippen molar-refractivity contribution in [2.75, 3.05) is 14.2 Å². The molecule has 0 spiro atoms. The zero-order valence-electron chi connectivity index (χ0n) is 14.3. The number of hydrogen-bond donors (Lipinski definition) is 0. The SMILES string of the molecule is COC(=O)c1ccc(S(=O)/N=C/c2c(OC)ccc3ccccc23)cc1. The Labute approximate surface area is 153 Å². The van der Waals surface area contributed by atoms with E-state index in [-0.39, 0.29) is 0 Å². The molecule has 3 aromatic rings. The van der Waals surface area contributed by atoms with Gasteiger partial charge in [-0.25, -0.2) is 9.00 Å². The molecule has 0 radical (unpaired) electrons. The molecule has 0 amide bonds. The van der Waals surface area contributed by atoms with Crippen molar-refractivity contribution < 1.29 is 18.5 Å². The lowest BCUT2D eigenvalue weighted by atomic mass is 10.0. The van der Waals surface area contributed by atoms with Gasteiger partial charge in [0.15, 0.2) is 11.0 Å². The molecule has 0 fully saturated rings. The first-order chi connectivity index (χ1) is 12.6. The molecule has 0 aliphatic carbocycles. The monoisotopic (exact) mass is 367 g/mol. The number of fused-ring (bicyclic) bond motifs is 1. The average molecular weight is 367 g/mol. The van der Waals surface area contributed by atoms with Gasteiger partial charge in [0.05, 0.1) is 24.7 Å². The number of nitrogens with zero attached hydrogens (tertiary/aromatic N) is 1. The fourth-order valence-corrected chi connectivity index (χ4v) is 3.27. The van der Waals surface area contributed by atoms with E-state index in [0.717, 1.165) is 16.3 Å². The minimum atomic E-state index is -1.60. The van der Waals surface area contributed by atoms with E-state index in [2.05, 4.69) is 9.13 Å². The van der Waals surface area contributed by atoms with Gasteiger partial charge in [0.2, 0.25) is 0 Å². The molecule has 6 heteroatoms. The third kappa shape index (κ3) is 3.65. The lowest BCUT2D eigenvalue weighted by Crippen LogP contribution is -2.01. The molecule has 132 valence electrons. The van der Waals surface area contributed by atoms with Crippen molar-refractivity contribution in [2.24, 2.45) is 4.40 Å². The highest BCUT2D eigenvalue weighted by Gasteiger charge is 2.09. The van der Waals surface area contributed by atoms with Gasteiger partial charge in [-0.15, -0.1) is 0 Å². The van der Waals surface area contributed by atoms with Crippen molar-refractivity contribution in [1.29, 1.82) is 0 Å². The van der Waals surface area contributed by atoms with Crippen molar-refractivity contribution in [1.82, 2.24) is 0 Å². The molecule has 5 nitrogen and oxygen atoms in total. The summed E-state index contributed by atoms with van der Waals surface area (Å²) in [5, 5.41) is 2.01. The summed E-state index contributed by atoms with van der Waals surface area (Å²) < 4.78 is 26.7. The van der Waals surface area contributed by atoms with Crippen LogP contribution in [0.1, 0.15) is 15.9 Å². The predicted molar refractivity (Wildman–Crippen MR) is 102 cm³/mol. The standard InChI is InChI=1S/C20H17NO4S/c1-24-19-12-9-14-5-3-4-6-17(14)18(19)13-21-26(23)16-10-7-15(8-11-16)20(22)25-2/h3-13H,1-2H3/b21-13+. The van der Waals surface area contributed by atoms with Crippen molar-refractivity contribution >= 4 is 33.9 Å². The van der Waals surface area contributed by atoms with Crippen LogP contribution >= 0.6 is 0 Å². The van der Waals surface area contributed by atoms with Crippen LogP contribution in [0.4, 0.5) is 0 Å². The normalized spacial score (nSPS) is 12.2. The van der Waals surface area contributed by atoms with Crippen molar-refractivity contribution in [2.45, 2.75) is 4.90 Å². The maximum atomic E-state index is 12.5. The fraction of sp³-hybridized carbons (Fsp3) is 0.100. The topological polar surface area (TPSA) is 65.0 Å². The number of carbonyl (C=O) groups is 1. The van der Waals surface area contributed by atoms with Gasteiger partial charge in [0.1, 0.15) is 5.75 Å². The number of ether oxygens (including phenoxy) is 2. The molecular weight excluding hydrogens is 350 g/mol. The summed E-state index contributed by atoms with van der Waals surface area (Å²) in [7, 11) is 1.30. The van der Waals surface area contributed by atoms with Crippen LogP contribution in [0.5, 0.6) is 5.75 Å². The van der Waals surface area contributed by atoms with Crippen LogP contribution in [0.3, 0.4) is 0 Å². The van der Waals surface area contributed by atoms with E-state index < -0.39 is 17.0 Å². The van der Waals surface area contributed by atoms with Crippen molar-refractivity contribution in [3.05, 3.63) is 71.8 Å². The van der Waals surface area contributed by atoms with Gasteiger partial charge in [-0.2, -0.15) is 4.40 Å². The first-order valence-electron chi connectivity index (χ1n) is 7.84. The Morgan fingerprint density at radius 1 is 1.00 bits per heavy atom. The molecule has 0 saturated carbocycles. The highest BCUT2D eigenvalue weighted by Crippen LogP contribution is 2.26. The summed E-state index contributed by atoms with van der Waals surface area (Å²) in [6.07, 6.45) is 1.56. The Morgan fingerprint density at radius 2 is 1.73 bits per heavy atom. The molecule has 3 aromatic carbocycles. The van der Waals surface area contributed by atoms with Crippen molar-refractivity contribution in [3.8, 4) is 5.75 Å². The van der Waals surface area contributed by atoms with Crippen LogP contribution < -0.4 is 4.74 Å². The Morgan fingerprint density at radius 3 is 2.42 bits per heavy atom. The molecule has 3 rings (SSSR count). The second-order valence-electron chi connectivity index (χ2n) is 5.40. The van der Waals surface area contributed by atoms with E-state index in [0.29, 0.717) is 16.2 Å². The van der Waals surface area contributed by atoms with E-state index in [1.54, 1.807) is 37.6 Å². The first-order valence-corrected chi connectivity index (χ1v) is 8.95. The Kier molecular flexibility index (Phi) is 5.43. The zero-order chi connectivity index (χ0) is 18.5. The van der Waals surface area contributed by atoms with Gasteiger partial charge >= 0.3 is 5.97 Å². The summed E-state index contributed by atoms with van der Waals surface area (Å²) in [4.78, 5) is 12.0. The average Bonchev–Trinajstić information content (AvgIpc) is 2.71. The Balaban J connectivity index is 1.91. The highest BCUT2D eigenvalue weighted by molar-refractivity contribution is 7.83. The molecular formula is C20H17NO4S. The van der Waals surface area contributed by atoms with E-state index in [4.69, 9.17) is 4.74 Å². The Hall–Kier alpha value is -2.99. The number of esters is 1. The van der Waals surface area contributed by atoms with Crippen LogP contribution in [-0.4, -0.2) is 30.6 Å². The Bertz CT molecular complexity index is 996.